The van der Waals surface area contributed by atoms with Crippen molar-refractivity contribution in [3.63, 3.8) is 0 Å². The molecule has 0 unspecified atom stereocenters. The van der Waals surface area contributed by atoms with Gasteiger partial charge in [0.25, 0.3) is 0 Å². The molecule has 4 aromatic rings. The van der Waals surface area contributed by atoms with E-state index in [0.29, 0.717) is 17.4 Å². The van der Waals surface area contributed by atoms with E-state index in [4.69, 9.17) is 8.83 Å². The fourth-order valence-corrected chi connectivity index (χ4v) is 4.74. The molecule has 2 heterocycles. The Hall–Kier alpha value is -2.89. The van der Waals surface area contributed by atoms with Gasteiger partial charge in [0, 0.05) is 31.2 Å². The van der Waals surface area contributed by atoms with Crippen LogP contribution in [0.3, 0.4) is 0 Å². The Morgan fingerprint density at radius 2 is 1.09 bits per heavy atom. The molecule has 0 aliphatic heterocycles. The molecule has 3 nitrogen and oxygen atoms in total. The molecule has 1 saturated carbocycles. The summed E-state index contributed by atoms with van der Waals surface area (Å²) in [6.45, 7) is 2.17. The Kier molecular flexibility index (Phi) is 6.57. The summed E-state index contributed by atoms with van der Waals surface area (Å²) in [7, 11) is 0. The summed E-state index contributed by atoms with van der Waals surface area (Å²) in [5.74, 6) is 3.35. The van der Waals surface area contributed by atoms with Crippen LogP contribution in [0.1, 0.15) is 31.3 Å². The van der Waals surface area contributed by atoms with Crippen molar-refractivity contribution >= 4 is 49.8 Å². The molecule has 0 saturated heterocycles. The van der Waals surface area contributed by atoms with E-state index < -0.39 is 0 Å². The summed E-state index contributed by atoms with van der Waals surface area (Å²) in [5, 5.41) is 0. The average Bonchev–Trinajstić information content (AvgIpc) is 3.48. The number of furan rings is 2. The summed E-state index contributed by atoms with van der Waals surface area (Å²) < 4.78 is 14.1. The van der Waals surface area contributed by atoms with E-state index in [1.165, 1.54) is 0 Å². The summed E-state index contributed by atoms with van der Waals surface area (Å²) in [6, 6.07) is 23.6. The van der Waals surface area contributed by atoms with Gasteiger partial charge in [-0.3, -0.25) is 4.79 Å². The highest BCUT2D eigenvalue weighted by molar-refractivity contribution is 9.10. The molecule has 0 spiro atoms. The lowest BCUT2D eigenvalue weighted by molar-refractivity contribution is -0.113. The summed E-state index contributed by atoms with van der Waals surface area (Å²) >= 11 is 6.91. The number of ketones is 1. The SMILES string of the molecule is CC1C/C(=C\c2ccc(-c3ccc(Br)cc3)o2)C(=O)/C(=C/c2ccc(-c3ccc(Br)cc3)o2)C1. The maximum absolute atomic E-state index is 13.3. The van der Waals surface area contributed by atoms with Gasteiger partial charge in [-0.05, 0) is 79.4 Å². The van der Waals surface area contributed by atoms with E-state index in [1.54, 1.807) is 0 Å². The molecule has 0 atom stereocenters. The van der Waals surface area contributed by atoms with Gasteiger partial charge in [-0.2, -0.15) is 0 Å². The minimum Gasteiger partial charge on any atom is -0.457 e. The number of rotatable bonds is 4. The predicted octanol–water partition coefficient (Wildman–Crippen LogP) is 9.20. The minimum absolute atomic E-state index is 0.0567. The lowest BCUT2D eigenvalue weighted by atomic mass is 9.81. The van der Waals surface area contributed by atoms with Crippen LogP contribution in [0.5, 0.6) is 0 Å². The number of hydrogen-bond acceptors (Lipinski definition) is 3. The molecular formula is C29H22Br2O3. The highest BCUT2D eigenvalue weighted by atomic mass is 79.9. The maximum Gasteiger partial charge on any atom is 0.185 e. The van der Waals surface area contributed by atoms with Crippen molar-refractivity contribution in [1.82, 2.24) is 0 Å². The van der Waals surface area contributed by atoms with Crippen molar-refractivity contribution in [2.75, 3.05) is 0 Å². The van der Waals surface area contributed by atoms with Crippen LogP contribution in [0.2, 0.25) is 0 Å². The first-order valence-electron chi connectivity index (χ1n) is 11.1. The zero-order chi connectivity index (χ0) is 23.7. The molecule has 1 aliphatic rings. The largest absolute Gasteiger partial charge is 0.457 e. The van der Waals surface area contributed by atoms with Gasteiger partial charge in [0.15, 0.2) is 5.78 Å². The third-order valence-electron chi connectivity index (χ3n) is 5.86. The summed E-state index contributed by atoms with van der Waals surface area (Å²) in [6.07, 6.45) is 5.22. The molecule has 0 bridgehead atoms. The zero-order valence-electron chi connectivity index (χ0n) is 18.6. The molecule has 2 aromatic heterocycles. The Morgan fingerprint density at radius 3 is 1.50 bits per heavy atom. The number of carbonyl (C=O) groups is 1. The molecule has 1 aliphatic carbocycles. The first kappa shape index (κ1) is 22.9. The number of hydrogen-bond donors (Lipinski definition) is 0. The fourth-order valence-electron chi connectivity index (χ4n) is 4.21. The average molecular weight is 578 g/mol. The fraction of sp³-hybridized carbons (Fsp3) is 0.138. The summed E-state index contributed by atoms with van der Waals surface area (Å²) in [5.41, 5.74) is 3.52. The Labute approximate surface area is 215 Å². The first-order valence-corrected chi connectivity index (χ1v) is 12.7. The molecule has 1 fully saturated rings. The molecule has 34 heavy (non-hydrogen) atoms. The molecule has 0 radical (unpaired) electrons. The third kappa shape index (κ3) is 5.11. The van der Waals surface area contributed by atoms with Crippen LogP contribution in [-0.4, -0.2) is 5.78 Å². The standard InChI is InChI=1S/C29H22Br2O3/c1-18-14-21(16-25-10-12-27(33-25)19-2-6-23(30)7-3-19)29(32)22(15-18)17-26-11-13-28(34-26)20-4-8-24(31)9-5-20/h2-13,16-18H,14-15H2,1H3/b21-16+,22-17+. The molecule has 5 rings (SSSR count). The highest BCUT2D eigenvalue weighted by Gasteiger charge is 2.26. The second-order valence-electron chi connectivity index (χ2n) is 8.60. The van der Waals surface area contributed by atoms with Gasteiger partial charge in [-0.15, -0.1) is 0 Å². The van der Waals surface area contributed by atoms with Gasteiger partial charge in [-0.25, -0.2) is 0 Å². The van der Waals surface area contributed by atoms with E-state index in [0.717, 1.165) is 55.6 Å². The van der Waals surface area contributed by atoms with E-state index in [2.05, 4.69) is 38.8 Å². The Bertz CT molecular complexity index is 1280. The molecule has 170 valence electrons. The summed E-state index contributed by atoms with van der Waals surface area (Å²) in [4.78, 5) is 13.3. The number of allylic oxidation sites excluding steroid dienone is 2. The van der Waals surface area contributed by atoms with E-state index >= 15 is 0 Å². The smallest absolute Gasteiger partial charge is 0.185 e. The van der Waals surface area contributed by atoms with Crippen molar-refractivity contribution in [1.29, 1.82) is 0 Å². The monoisotopic (exact) mass is 576 g/mol. The number of halogens is 2. The van der Waals surface area contributed by atoms with Gasteiger partial charge in [0.1, 0.15) is 23.0 Å². The molecular weight excluding hydrogens is 556 g/mol. The topological polar surface area (TPSA) is 43.4 Å². The quantitative estimate of drug-likeness (QED) is 0.227. The van der Waals surface area contributed by atoms with Crippen LogP contribution in [0.25, 0.3) is 34.8 Å². The van der Waals surface area contributed by atoms with Gasteiger partial charge in [0.05, 0.1) is 0 Å². The van der Waals surface area contributed by atoms with Crippen molar-refractivity contribution in [3.8, 4) is 22.6 Å². The van der Waals surface area contributed by atoms with Crippen molar-refractivity contribution in [2.45, 2.75) is 19.8 Å². The third-order valence-corrected chi connectivity index (χ3v) is 6.92. The lowest BCUT2D eigenvalue weighted by Gasteiger charge is -2.22. The molecule has 5 heteroatoms. The van der Waals surface area contributed by atoms with E-state index in [-0.39, 0.29) is 5.78 Å². The second-order valence-corrected chi connectivity index (χ2v) is 10.4. The lowest BCUT2D eigenvalue weighted by Crippen LogP contribution is -2.18. The van der Waals surface area contributed by atoms with Crippen LogP contribution < -0.4 is 0 Å². The number of carbonyl (C=O) groups excluding carboxylic acids is 1. The number of Topliss-reactive ketones (excluding diaryl/α,β-unsaturated/α-hetero) is 1. The molecule has 0 N–H and O–H groups in total. The van der Waals surface area contributed by atoms with Gasteiger partial charge < -0.3 is 8.83 Å². The van der Waals surface area contributed by atoms with E-state index in [1.807, 2.05) is 84.9 Å². The zero-order valence-corrected chi connectivity index (χ0v) is 21.7. The highest BCUT2D eigenvalue weighted by Crippen LogP contribution is 2.34. The minimum atomic E-state index is 0.0567. The Morgan fingerprint density at radius 1 is 0.676 bits per heavy atom. The van der Waals surface area contributed by atoms with Crippen LogP contribution in [0.4, 0.5) is 0 Å². The Balaban J connectivity index is 1.38. The van der Waals surface area contributed by atoms with Crippen LogP contribution in [-0.2, 0) is 4.79 Å². The predicted molar refractivity (Wildman–Crippen MR) is 143 cm³/mol. The van der Waals surface area contributed by atoms with E-state index in [9.17, 15) is 4.79 Å². The molecule has 2 aromatic carbocycles. The van der Waals surface area contributed by atoms with Crippen LogP contribution >= 0.6 is 31.9 Å². The number of benzene rings is 2. The first-order chi connectivity index (χ1) is 16.4. The van der Waals surface area contributed by atoms with Crippen LogP contribution in [0.15, 0.2) is 102 Å². The maximum atomic E-state index is 13.3. The van der Waals surface area contributed by atoms with Gasteiger partial charge in [0.2, 0.25) is 0 Å². The van der Waals surface area contributed by atoms with Crippen molar-refractivity contribution in [2.24, 2.45) is 5.92 Å². The van der Waals surface area contributed by atoms with Crippen LogP contribution in [0, 0.1) is 5.92 Å². The van der Waals surface area contributed by atoms with Gasteiger partial charge in [-0.1, -0.05) is 63.0 Å². The second kappa shape index (κ2) is 9.77. The van der Waals surface area contributed by atoms with Crippen molar-refractivity contribution < 1.29 is 13.6 Å². The molecule has 0 amide bonds. The van der Waals surface area contributed by atoms with Crippen molar-refractivity contribution in [3.05, 3.63) is 104 Å². The normalized spacial score (nSPS) is 18.7. The van der Waals surface area contributed by atoms with Gasteiger partial charge >= 0.3 is 0 Å².